The number of aromatic nitrogens is 2. The number of rotatable bonds is 4. The van der Waals surface area contributed by atoms with E-state index in [1.54, 1.807) is 6.07 Å². The summed E-state index contributed by atoms with van der Waals surface area (Å²) in [7, 11) is -3.67. The standard InChI is InChI=1S/C10H11ClN4O2S/c11-10-3-9(2-1-7(10)4-12)18(16,17)15-8-5-13-14-6-8/h1-3,5-6,15H,4,12H2,(H,13,14). The number of sulfonamides is 1. The third kappa shape index (κ3) is 2.63. The van der Waals surface area contributed by atoms with Crippen LogP contribution >= 0.6 is 11.6 Å². The molecule has 0 aliphatic heterocycles. The normalized spacial score (nSPS) is 11.4. The van der Waals surface area contributed by atoms with Gasteiger partial charge in [-0.3, -0.25) is 9.82 Å². The molecule has 6 nitrogen and oxygen atoms in total. The van der Waals surface area contributed by atoms with Gasteiger partial charge < -0.3 is 5.73 Å². The Hall–Kier alpha value is -1.57. The molecule has 96 valence electrons. The topological polar surface area (TPSA) is 101 Å². The molecule has 0 atom stereocenters. The number of anilines is 1. The van der Waals surface area contributed by atoms with E-state index in [1.807, 2.05) is 0 Å². The lowest BCUT2D eigenvalue weighted by atomic mass is 10.2. The largest absolute Gasteiger partial charge is 0.326 e. The number of hydrogen-bond donors (Lipinski definition) is 3. The monoisotopic (exact) mass is 286 g/mol. The Balaban J connectivity index is 2.33. The Morgan fingerprint density at radius 2 is 2.22 bits per heavy atom. The van der Waals surface area contributed by atoms with Gasteiger partial charge in [-0.15, -0.1) is 0 Å². The van der Waals surface area contributed by atoms with E-state index in [0.717, 1.165) is 0 Å². The molecule has 2 rings (SSSR count). The van der Waals surface area contributed by atoms with E-state index in [1.165, 1.54) is 24.5 Å². The van der Waals surface area contributed by atoms with Gasteiger partial charge in [0.25, 0.3) is 10.0 Å². The van der Waals surface area contributed by atoms with Crippen molar-refractivity contribution in [3.05, 3.63) is 41.2 Å². The molecule has 0 saturated carbocycles. The van der Waals surface area contributed by atoms with Crippen molar-refractivity contribution in [3.63, 3.8) is 0 Å². The summed E-state index contributed by atoms with van der Waals surface area (Å²) in [5.74, 6) is 0. The van der Waals surface area contributed by atoms with Crippen LogP contribution in [0.2, 0.25) is 5.02 Å². The summed E-state index contributed by atoms with van der Waals surface area (Å²) in [6.45, 7) is 0.258. The molecule has 0 bridgehead atoms. The molecule has 1 aromatic heterocycles. The number of benzene rings is 1. The molecule has 0 aliphatic carbocycles. The Bertz CT molecular complexity index is 640. The third-order valence-corrected chi connectivity index (χ3v) is 4.04. The lowest BCUT2D eigenvalue weighted by molar-refractivity contribution is 0.601. The van der Waals surface area contributed by atoms with Crippen LogP contribution < -0.4 is 10.5 Å². The Morgan fingerprint density at radius 3 is 2.78 bits per heavy atom. The molecular formula is C10H11ClN4O2S. The van der Waals surface area contributed by atoms with Crippen molar-refractivity contribution in [2.24, 2.45) is 5.73 Å². The Labute approximate surface area is 109 Å². The van der Waals surface area contributed by atoms with Gasteiger partial charge in [0.1, 0.15) is 0 Å². The van der Waals surface area contributed by atoms with Crippen molar-refractivity contribution < 1.29 is 8.42 Å². The second kappa shape index (κ2) is 4.97. The van der Waals surface area contributed by atoms with Crippen molar-refractivity contribution in [1.29, 1.82) is 0 Å². The number of aromatic amines is 1. The molecule has 2 aromatic rings. The SMILES string of the molecule is NCc1ccc(S(=O)(=O)Nc2cn[nH]c2)cc1Cl. The zero-order valence-corrected chi connectivity index (χ0v) is 10.8. The molecule has 0 saturated heterocycles. The summed E-state index contributed by atoms with van der Waals surface area (Å²) in [5.41, 5.74) is 6.51. The first-order valence-electron chi connectivity index (χ1n) is 5.03. The molecule has 18 heavy (non-hydrogen) atoms. The maximum atomic E-state index is 12.0. The number of nitrogens with one attached hydrogen (secondary N) is 2. The average molecular weight is 287 g/mol. The molecule has 0 aliphatic rings. The molecule has 4 N–H and O–H groups in total. The highest BCUT2D eigenvalue weighted by Gasteiger charge is 2.16. The van der Waals surface area contributed by atoms with E-state index in [9.17, 15) is 8.42 Å². The molecular weight excluding hydrogens is 276 g/mol. The lowest BCUT2D eigenvalue weighted by Crippen LogP contribution is -2.12. The summed E-state index contributed by atoms with van der Waals surface area (Å²) >= 11 is 5.93. The molecule has 1 aromatic carbocycles. The molecule has 0 unspecified atom stereocenters. The van der Waals surface area contributed by atoms with Crippen LogP contribution in [0.4, 0.5) is 5.69 Å². The van der Waals surface area contributed by atoms with Gasteiger partial charge in [-0.05, 0) is 17.7 Å². The number of H-pyrrole nitrogens is 1. The zero-order chi connectivity index (χ0) is 13.2. The minimum atomic E-state index is -3.67. The average Bonchev–Trinajstić information content (AvgIpc) is 2.81. The van der Waals surface area contributed by atoms with Crippen LogP contribution in [-0.4, -0.2) is 18.6 Å². The van der Waals surface area contributed by atoms with Crippen LogP contribution in [0.25, 0.3) is 0 Å². The minimum absolute atomic E-state index is 0.0749. The zero-order valence-electron chi connectivity index (χ0n) is 9.22. The predicted molar refractivity (Wildman–Crippen MR) is 68.7 cm³/mol. The van der Waals surface area contributed by atoms with Gasteiger partial charge in [-0.1, -0.05) is 17.7 Å². The van der Waals surface area contributed by atoms with Gasteiger partial charge >= 0.3 is 0 Å². The smallest absolute Gasteiger partial charge is 0.262 e. The third-order valence-electron chi connectivity index (χ3n) is 2.31. The van der Waals surface area contributed by atoms with Crippen LogP contribution in [0.1, 0.15) is 5.56 Å². The summed E-state index contributed by atoms with van der Waals surface area (Å²) in [4.78, 5) is 0.0749. The van der Waals surface area contributed by atoms with Gasteiger partial charge in [0.2, 0.25) is 0 Å². The summed E-state index contributed by atoms with van der Waals surface area (Å²) < 4.78 is 26.4. The molecule has 0 radical (unpaired) electrons. The maximum absolute atomic E-state index is 12.0. The summed E-state index contributed by atoms with van der Waals surface area (Å²) in [6.07, 6.45) is 2.81. The highest BCUT2D eigenvalue weighted by molar-refractivity contribution is 7.92. The van der Waals surface area contributed by atoms with Crippen molar-refractivity contribution in [2.45, 2.75) is 11.4 Å². The maximum Gasteiger partial charge on any atom is 0.262 e. The van der Waals surface area contributed by atoms with Crippen molar-refractivity contribution >= 4 is 27.3 Å². The van der Waals surface area contributed by atoms with E-state index < -0.39 is 10.0 Å². The summed E-state index contributed by atoms with van der Waals surface area (Å²) in [5, 5.41) is 6.49. The van der Waals surface area contributed by atoms with Gasteiger partial charge in [0.05, 0.1) is 16.8 Å². The van der Waals surface area contributed by atoms with Crippen molar-refractivity contribution in [2.75, 3.05) is 4.72 Å². The minimum Gasteiger partial charge on any atom is -0.326 e. The Kier molecular flexibility index (Phi) is 3.55. The van der Waals surface area contributed by atoms with Gasteiger partial charge in [0, 0.05) is 17.8 Å². The van der Waals surface area contributed by atoms with Crippen LogP contribution in [0, 0.1) is 0 Å². The first kappa shape index (κ1) is 12.9. The van der Waals surface area contributed by atoms with Gasteiger partial charge in [-0.2, -0.15) is 5.10 Å². The van der Waals surface area contributed by atoms with E-state index >= 15 is 0 Å². The number of nitrogens with zero attached hydrogens (tertiary/aromatic N) is 1. The first-order chi connectivity index (χ1) is 8.53. The fourth-order valence-electron chi connectivity index (χ4n) is 1.38. The van der Waals surface area contributed by atoms with Crippen LogP contribution in [0.15, 0.2) is 35.5 Å². The van der Waals surface area contributed by atoms with Gasteiger partial charge in [-0.25, -0.2) is 8.42 Å². The van der Waals surface area contributed by atoms with Crippen molar-refractivity contribution in [1.82, 2.24) is 10.2 Å². The second-order valence-corrected chi connectivity index (χ2v) is 5.64. The fraction of sp³-hybridized carbons (Fsp3) is 0.100. The quantitative estimate of drug-likeness (QED) is 0.789. The van der Waals surface area contributed by atoms with Crippen molar-refractivity contribution in [3.8, 4) is 0 Å². The molecule has 1 heterocycles. The predicted octanol–water partition coefficient (Wildman–Crippen LogP) is 1.32. The van der Waals surface area contributed by atoms with Crippen LogP contribution in [0.3, 0.4) is 0 Å². The number of nitrogens with two attached hydrogens (primary N) is 1. The Morgan fingerprint density at radius 1 is 1.44 bits per heavy atom. The molecule has 0 fully saturated rings. The molecule has 8 heteroatoms. The van der Waals surface area contributed by atoms with E-state index in [-0.39, 0.29) is 11.4 Å². The van der Waals surface area contributed by atoms with E-state index in [2.05, 4.69) is 14.9 Å². The highest BCUT2D eigenvalue weighted by atomic mass is 35.5. The summed E-state index contributed by atoms with van der Waals surface area (Å²) in [6, 6.07) is 4.41. The fourth-order valence-corrected chi connectivity index (χ4v) is 2.76. The lowest BCUT2D eigenvalue weighted by Gasteiger charge is -2.07. The van der Waals surface area contributed by atoms with Crippen LogP contribution in [0.5, 0.6) is 0 Å². The van der Waals surface area contributed by atoms with Crippen LogP contribution in [-0.2, 0) is 16.6 Å². The van der Waals surface area contributed by atoms with E-state index in [4.69, 9.17) is 17.3 Å². The highest BCUT2D eigenvalue weighted by Crippen LogP contribution is 2.22. The molecule has 0 amide bonds. The van der Waals surface area contributed by atoms with E-state index in [0.29, 0.717) is 16.3 Å². The number of halogens is 1. The van der Waals surface area contributed by atoms with Gasteiger partial charge in [0.15, 0.2) is 0 Å². The number of hydrogen-bond acceptors (Lipinski definition) is 4. The second-order valence-electron chi connectivity index (χ2n) is 3.55. The molecule has 0 spiro atoms. The first-order valence-corrected chi connectivity index (χ1v) is 6.89.